The predicted octanol–water partition coefficient (Wildman–Crippen LogP) is 1.89. The monoisotopic (exact) mass is 365 g/mol. The lowest BCUT2D eigenvalue weighted by Gasteiger charge is -2.20. The van der Waals surface area contributed by atoms with E-state index in [2.05, 4.69) is 10.1 Å². The number of nitrogens with zero attached hydrogens (tertiary/aromatic N) is 5. The lowest BCUT2D eigenvalue weighted by molar-refractivity contribution is -0.132. The first-order valence-corrected chi connectivity index (χ1v) is 8.58. The van der Waals surface area contributed by atoms with Crippen LogP contribution in [0.1, 0.15) is 11.8 Å². The molecule has 0 aliphatic rings. The Bertz CT molecular complexity index is 945. The van der Waals surface area contributed by atoms with Gasteiger partial charge in [0.15, 0.2) is 5.65 Å². The van der Waals surface area contributed by atoms with Gasteiger partial charge in [-0.05, 0) is 19.1 Å². The van der Waals surface area contributed by atoms with Gasteiger partial charge in [0.25, 0.3) is 5.56 Å². The standard InChI is InChI=1S/C15H16ClN5O2S/c1-3-20(7-10-4-5-12(16)24-10)13(22)8-21-9-17-14-11(15(21)23)6-18-19(14)2/h4-6,9H,3,7-8H2,1-2H3. The second kappa shape index (κ2) is 6.74. The van der Waals surface area contributed by atoms with Crippen molar-refractivity contribution in [2.24, 2.45) is 7.05 Å². The van der Waals surface area contributed by atoms with Crippen molar-refractivity contribution in [1.82, 2.24) is 24.2 Å². The maximum absolute atomic E-state index is 12.5. The van der Waals surface area contributed by atoms with Crippen molar-refractivity contribution in [2.45, 2.75) is 20.0 Å². The van der Waals surface area contributed by atoms with Crippen LogP contribution in [-0.4, -0.2) is 36.7 Å². The van der Waals surface area contributed by atoms with Gasteiger partial charge in [-0.2, -0.15) is 5.10 Å². The molecule has 0 spiro atoms. The van der Waals surface area contributed by atoms with E-state index in [1.807, 2.05) is 19.1 Å². The molecule has 24 heavy (non-hydrogen) atoms. The molecule has 0 atom stereocenters. The van der Waals surface area contributed by atoms with Crippen LogP contribution in [0.2, 0.25) is 4.34 Å². The third kappa shape index (κ3) is 3.20. The van der Waals surface area contributed by atoms with E-state index in [0.29, 0.717) is 28.5 Å². The Balaban J connectivity index is 1.80. The molecular weight excluding hydrogens is 350 g/mol. The normalized spacial score (nSPS) is 11.1. The largest absolute Gasteiger partial charge is 0.336 e. The minimum Gasteiger partial charge on any atom is -0.336 e. The summed E-state index contributed by atoms with van der Waals surface area (Å²) in [6.45, 7) is 2.87. The fourth-order valence-corrected chi connectivity index (χ4v) is 3.53. The smallest absolute Gasteiger partial charge is 0.264 e. The number of carbonyl (C=O) groups excluding carboxylic acids is 1. The highest BCUT2D eigenvalue weighted by Crippen LogP contribution is 2.22. The van der Waals surface area contributed by atoms with Crippen LogP contribution in [0.25, 0.3) is 11.0 Å². The molecule has 7 nitrogen and oxygen atoms in total. The summed E-state index contributed by atoms with van der Waals surface area (Å²) in [5.41, 5.74) is 0.237. The van der Waals surface area contributed by atoms with E-state index in [-0.39, 0.29) is 18.0 Å². The van der Waals surface area contributed by atoms with Gasteiger partial charge in [-0.1, -0.05) is 11.6 Å². The summed E-state index contributed by atoms with van der Waals surface area (Å²) in [4.78, 5) is 31.9. The molecule has 0 radical (unpaired) electrons. The van der Waals surface area contributed by atoms with E-state index < -0.39 is 0 Å². The predicted molar refractivity (Wildman–Crippen MR) is 93.2 cm³/mol. The van der Waals surface area contributed by atoms with Crippen molar-refractivity contribution in [3.8, 4) is 0 Å². The number of amides is 1. The van der Waals surface area contributed by atoms with Gasteiger partial charge in [0, 0.05) is 18.5 Å². The number of aryl methyl sites for hydroxylation is 1. The van der Waals surface area contributed by atoms with Gasteiger partial charge in [-0.15, -0.1) is 11.3 Å². The minimum atomic E-state index is -0.267. The van der Waals surface area contributed by atoms with Crippen LogP contribution in [0.5, 0.6) is 0 Å². The van der Waals surface area contributed by atoms with Crippen molar-refractivity contribution in [1.29, 1.82) is 0 Å². The lowest BCUT2D eigenvalue weighted by atomic mass is 10.3. The first kappa shape index (κ1) is 16.7. The molecule has 0 aliphatic carbocycles. The van der Waals surface area contributed by atoms with Crippen LogP contribution in [0, 0.1) is 0 Å². The SMILES string of the molecule is CCN(Cc1ccc(Cl)s1)C(=O)Cn1cnc2c(cnn2C)c1=O. The Kier molecular flexibility index (Phi) is 4.68. The summed E-state index contributed by atoms with van der Waals surface area (Å²) in [6, 6.07) is 3.71. The summed E-state index contributed by atoms with van der Waals surface area (Å²) in [5.74, 6) is -0.144. The van der Waals surface area contributed by atoms with Crippen LogP contribution in [0.15, 0.2) is 29.5 Å². The van der Waals surface area contributed by atoms with Crippen LogP contribution in [0.3, 0.4) is 0 Å². The second-order valence-electron chi connectivity index (χ2n) is 5.30. The zero-order valence-electron chi connectivity index (χ0n) is 13.3. The molecular formula is C15H16ClN5O2S. The first-order valence-electron chi connectivity index (χ1n) is 7.38. The number of hydrogen-bond acceptors (Lipinski definition) is 5. The van der Waals surface area contributed by atoms with Crippen LogP contribution in [-0.2, 0) is 24.9 Å². The van der Waals surface area contributed by atoms with E-state index in [0.717, 1.165) is 4.88 Å². The van der Waals surface area contributed by atoms with Crippen molar-refractivity contribution in [2.75, 3.05) is 6.54 Å². The molecule has 3 rings (SSSR count). The molecule has 3 aromatic heterocycles. The van der Waals surface area contributed by atoms with Crippen LogP contribution in [0.4, 0.5) is 0 Å². The van der Waals surface area contributed by atoms with Gasteiger partial charge in [0.2, 0.25) is 5.91 Å². The van der Waals surface area contributed by atoms with Crippen molar-refractivity contribution < 1.29 is 4.79 Å². The summed E-state index contributed by atoms with van der Waals surface area (Å²) >= 11 is 7.37. The molecule has 0 fully saturated rings. The molecule has 0 aliphatic heterocycles. The quantitative estimate of drug-likeness (QED) is 0.692. The second-order valence-corrected chi connectivity index (χ2v) is 7.10. The van der Waals surface area contributed by atoms with Gasteiger partial charge >= 0.3 is 0 Å². The van der Waals surface area contributed by atoms with Gasteiger partial charge in [0.1, 0.15) is 18.3 Å². The molecule has 0 saturated carbocycles. The Morgan fingerprint density at radius 1 is 1.42 bits per heavy atom. The summed E-state index contributed by atoms with van der Waals surface area (Å²) in [5, 5.41) is 4.42. The van der Waals surface area contributed by atoms with Gasteiger partial charge < -0.3 is 4.90 Å². The maximum Gasteiger partial charge on any atom is 0.264 e. The highest BCUT2D eigenvalue weighted by atomic mass is 35.5. The molecule has 0 N–H and O–H groups in total. The summed E-state index contributed by atoms with van der Waals surface area (Å²) in [6.07, 6.45) is 2.86. The number of fused-ring (bicyclic) bond motifs is 1. The maximum atomic E-state index is 12.5. The Morgan fingerprint density at radius 3 is 2.88 bits per heavy atom. The Labute approximate surface area is 147 Å². The highest BCUT2D eigenvalue weighted by Gasteiger charge is 2.16. The Morgan fingerprint density at radius 2 is 2.21 bits per heavy atom. The first-order chi connectivity index (χ1) is 11.5. The van der Waals surface area contributed by atoms with E-state index in [1.54, 1.807) is 11.9 Å². The fourth-order valence-electron chi connectivity index (χ4n) is 2.43. The number of likely N-dealkylation sites (N-methyl/N-ethyl adjacent to an activating group) is 1. The van der Waals surface area contributed by atoms with E-state index in [1.165, 1.54) is 33.1 Å². The number of thiophene rings is 1. The third-order valence-corrected chi connectivity index (χ3v) is 4.95. The van der Waals surface area contributed by atoms with Gasteiger partial charge in [0.05, 0.1) is 17.1 Å². The number of aromatic nitrogens is 4. The fraction of sp³-hybridized carbons (Fsp3) is 0.333. The molecule has 0 unspecified atom stereocenters. The highest BCUT2D eigenvalue weighted by molar-refractivity contribution is 7.16. The van der Waals surface area contributed by atoms with Crippen molar-refractivity contribution >= 4 is 39.9 Å². The van der Waals surface area contributed by atoms with Crippen molar-refractivity contribution in [3.05, 3.63) is 44.2 Å². The average Bonchev–Trinajstić information content (AvgIpc) is 3.14. The Hall–Kier alpha value is -2.19. The number of halogens is 1. The van der Waals surface area contributed by atoms with Crippen LogP contribution < -0.4 is 5.56 Å². The minimum absolute atomic E-state index is 0.0520. The number of carbonyl (C=O) groups is 1. The topological polar surface area (TPSA) is 73.0 Å². The average molecular weight is 366 g/mol. The molecule has 3 heterocycles. The molecule has 9 heteroatoms. The van der Waals surface area contributed by atoms with Crippen molar-refractivity contribution in [3.63, 3.8) is 0 Å². The van der Waals surface area contributed by atoms with Gasteiger partial charge in [-0.25, -0.2) is 4.98 Å². The molecule has 126 valence electrons. The molecule has 0 saturated heterocycles. The number of hydrogen-bond donors (Lipinski definition) is 0. The zero-order chi connectivity index (χ0) is 17.3. The van der Waals surface area contributed by atoms with E-state index in [9.17, 15) is 9.59 Å². The third-order valence-electron chi connectivity index (χ3n) is 3.73. The van der Waals surface area contributed by atoms with Gasteiger partial charge in [-0.3, -0.25) is 18.8 Å². The summed E-state index contributed by atoms with van der Waals surface area (Å²) in [7, 11) is 1.72. The molecule has 0 aromatic carbocycles. The zero-order valence-corrected chi connectivity index (χ0v) is 14.8. The lowest BCUT2D eigenvalue weighted by Crippen LogP contribution is -2.36. The van der Waals surface area contributed by atoms with E-state index in [4.69, 9.17) is 11.6 Å². The van der Waals surface area contributed by atoms with E-state index >= 15 is 0 Å². The summed E-state index contributed by atoms with van der Waals surface area (Å²) < 4.78 is 3.54. The molecule has 3 aromatic rings. The number of rotatable bonds is 5. The molecule has 0 bridgehead atoms. The van der Waals surface area contributed by atoms with Crippen LogP contribution >= 0.6 is 22.9 Å². The molecule has 1 amide bonds.